The van der Waals surface area contributed by atoms with E-state index in [0.717, 1.165) is 11.3 Å². The summed E-state index contributed by atoms with van der Waals surface area (Å²) in [5.74, 6) is 0. The van der Waals surface area contributed by atoms with Crippen LogP contribution < -0.4 is 34.5 Å². The Balaban J connectivity index is 0.00000289. The third kappa shape index (κ3) is 4.55. The molecule has 0 amide bonds. The van der Waals surface area contributed by atoms with Gasteiger partial charge in [-0.25, -0.2) is 0 Å². The number of aryl methyl sites for hydroxylation is 1. The Bertz CT molecular complexity index is 476. The molecule has 0 heterocycles. The number of rotatable bonds is 5. The molecular weight excluding hydrogens is 261 g/mol. The maximum atomic E-state index is 11.3. The SMILES string of the molecule is CCC(N(CC)c1cccc(C)c1)S(=O)(=O)O.[Na+]. The van der Waals surface area contributed by atoms with Gasteiger partial charge in [0.15, 0.2) is 5.37 Å². The summed E-state index contributed by atoms with van der Waals surface area (Å²) in [7, 11) is -4.06. The first-order valence-electron chi connectivity index (χ1n) is 5.69. The molecule has 0 fully saturated rings. The van der Waals surface area contributed by atoms with E-state index in [1.807, 2.05) is 38.1 Å². The summed E-state index contributed by atoms with van der Waals surface area (Å²) in [5, 5.41) is -0.880. The molecule has 0 saturated heterocycles. The summed E-state index contributed by atoms with van der Waals surface area (Å²) in [5.41, 5.74) is 1.88. The van der Waals surface area contributed by atoms with Crippen LogP contribution in [0.2, 0.25) is 0 Å². The van der Waals surface area contributed by atoms with Crippen LogP contribution in [0.4, 0.5) is 5.69 Å². The molecule has 0 aromatic heterocycles. The molecule has 0 spiro atoms. The van der Waals surface area contributed by atoms with Crippen LogP contribution in [0.1, 0.15) is 25.8 Å². The smallest absolute Gasteiger partial charge is 0.353 e. The van der Waals surface area contributed by atoms with Crippen LogP contribution in [0.15, 0.2) is 24.3 Å². The minimum absolute atomic E-state index is 0. The van der Waals surface area contributed by atoms with Crippen LogP contribution in [0, 0.1) is 6.92 Å². The quantitative estimate of drug-likeness (QED) is 0.581. The van der Waals surface area contributed by atoms with Crippen molar-refractivity contribution in [3.8, 4) is 0 Å². The Morgan fingerprint density at radius 3 is 2.33 bits per heavy atom. The van der Waals surface area contributed by atoms with Crippen LogP contribution in [-0.2, 0) is 10.1 Å². The van der Waals surface area contributed by atoms with Crippen LogP contribution in [0.25, 0.3) is 0 Å². The van der Waals surface area contributed by atoms with Crippen molar-refractivity contribution in [3.63, 3.8) is 0 Å². The predicted molar refractivity (Wildman–Crippen MR) is 69.8 cm³/mol. The number of nitrogens with zero attached hydrogens (tertiary/aromatic N) is 1. The van der Waals surface area contributed by atoms with Gasteiger partial charge in [0.25, 0.3) is 10.1 Å². The van der Waals surface area contributed by atoms with E-state index in [2.05, 4.69) is 0 Å². The average Bonchev–Trinajstić information content (AvgIpc) is 2.23. The van der Waals surface area contributed by atoms with Crippen LogP contribution in [0.5, 0.6) is 0 Å². The fraction of sp³-hybridized carbons (Fsp3) is 0.500. The molecule has 1 aromatic carbocycles. The van der Waals surface area contributed by atoms with Gasteiger partial charge in [-0.1, -0.05) is 19.1 Å². The van der Waals surface area contributed by atoms with Gasteiger partial charge in [0, 0.05) is 12.2 Å². The second-order valence-corrected chi connectivity index (χ2v) is 5.58. The molecule has 18 heavy (non-hydrogen) atoms. The fourth-order valence-corrected chi connectivity index (χ4v) is 2.96. The maximum absolute atomic E-state index is 11.3. The first-order valence-corrected chi connectivity index (χ1v) is 7.20. The Kier molecular flexibility index (Phi) is 7.47. The van der Waals surface area contributed by atoms with E-state index in [1.165, 1.54) is 0 Å². The Labute approximate surface area is 131 Å². The summed E-state index contributed by atoms with van der Waals surface area (Å²) >= 11 is 0. The van der Waals surface area contributed by atoms with Gasteiger partial charge in [0.2, 0.25) is 0 Å². The topological polar surface area (TPSA) is 57.6 Å². The van der Waals surface area contributed by atoms with E-state index >= 15 is 0 Å². The zero-order valence-corrected chi connectivity index (χ0v) is 14.2. The van der Waals surface area contributed by atoms with Crippen molar-refractivity contribution in [3.05, 3.63) is 29.8 Å². The van der Waals surface area contributed by atoms with Crippen molar-refractivity contribution in [2.75, 3.05) is 11.4 Å². The van der Waals surface area contributed by atoms with Crippen molar-refractivity contribution in [1.82, 2.24) is 0 Å². The first-order chi connectivity index (χ1) is 7.90. The van der Waals surface area contributed by atoms with Crippen molar-refractivity contribution in [2.45, 2.75) is 32.6 Å². The van der Waals surface area contributed by atoms with Crippen molar-refractivity contribution in [1.29, 1.82) is 0 Å². The van der Waals surface area contributed by atoms with Gasteiger partial charge < -0.3 is 4.90 Å². The molecule has 1 N–H and O–H groups in total. The van der Waals surface area contributed by atoms with Gasteiger partial charge >= 0.3 is 29.6 Å². The van der Waals surface area contributed by atoms with Gasteiger partial charge in [-0.3, -0.25) is 4.55 Å². The van der Waals surface area contributed by atoms with Gasteiger partial charge in [-0.05, 0) is 38.0 Å². The minimum Gasteiger partial charge on any atom is -0.353 e. The third-order valence-corrected chi connectivity index (χ3v) is 3.99. The molecule has 0 bridgehead atoms. The Hall–Kier alpha value is -0.0700. The number of hydrogen-bond acceptors (Lipinski definition) is 3. The van der Waals surface area contributed by atoms with Gasteiger partial charge in [0.1, 0.15) is 0 Å². The van der Waals surface area contributed by atoms with Gasteiger partial charge in [-0.2, -0.15) is 8.42 Å². The van der Waals surface area contributed by atoms with Crippen LogP contribution in [-0.4, -0.2) is 24.9 Å². The molecule has 6 heteroatoms. The molecule has 1 rings (SSSR count). The number of hydrogen-bond donors (Lipinski definition) is 1. The predicted octanol–water partition coefficient (Wildman–Crippen LogP) is -0.551. The van der Waals surface area contributed by atoms with Crippen molar-refractivity contribution >= 4 is 15.8 Å². The van der Waals surface area contributed by atoms with Gasteiger partial charge in [0.05, 0.1) is 0 Å². The van der Waals surface area contributed by atoms with E-state index in [4.69, 9.17) is 0 Å². The Morgan fingerprint density at radius 1 is 1.33 bits per heavy atom. The Morgan fingerprint density at radius 2 is 1.94 bits per heavy atom. The fourth-order valence-electron chi connectivity index (χ4n) is 1.95. The maximum Gasteiger partial charge on any atom is 1.00 e. The number of benzene rings is 1. The summed E-state index contributed by atoms with van der Waals surface area (Å²) < 4.78 is 31.9. The van der Waals surface area contributed by atoms with Crippen LogP contribution >= 0.6 is 0 Å². The molecule has 1 unspecified atom stereocenters. The molecule has 96 valence electrons. The first kappa shape index (κ1) is 17.9. The van der Waals surface area contributed by atoms with E-state index in [-0.39, 0.29) is 29.6 Å². The molecular formula is C12H19NNaO3S+. The molecule has 4 nitrogen and oxygen atoms in total. The minimum atomic E-state index is -4.06. The zero-order chi connectivity index (χ0) is 13.1. The molecule has 1 atom stereocenters. The summed E-state index contributed by atoms with van der Waals surface area (Å²) in [6.45, 7) is 6.10. The summed E-state index contributed by atoms with van der Waals surface area (Å²) in [6.07, 6.45) is 0.348. The van der Waals surface area contributed by atoms with Gasteiger partial charge in [-0.15, -0.1) is 0 Å². The van der Waals surface area contributed by atoms with E-state index in [0.29, 0.717) is 13.0 Å². The second kappa shape index (κ2) is 7.50. The van der Waals surface area contributed by atoms with Crippen LogP contribution in [0.3, 0.4) is 0 Å². The molecule has 0 saturated carbocycles. The second-order valence-electron chi connectivity index (χ2n) is 4.00. The third-order valence-electron chi connectivity index (χ3n) is 2.71. The summed E-state index contributed by atoms with van der Waals surface area (Å²) in [6, 6.07) is 7.59. The standard InChI is InChI=1S/C12H19NO3S.Na/c1-4-12(17(14,15)16)13(5-2)11-8-6-7-10(3)9-11;/h6-9,12H,4-5H2,1-3H3,(H,14,15,16);/q;+1. The average molecular weight is 280 g/mol. The zero-order valence-electron chi connectivity index (χ0n) is 11.4. The largest absolute Gasteiger partial charge is 1.00 e. The van der Waals surface area contributed by atoms with E-state index < -0.39 is 15.5 Å². The molecule has 0 aliphatic rings. The van der Waals surface area contributed by atoms with E-state index in [1.54, 1.807) is 11.8 Å². The van der Waals surface area contributed by atoms with E-state index in [9.17, 15) is 13.0 Å². The number of anilines is 1. The monoisotopic (exact) mass is 280 g/mol. The molecule has 1 aromatic rings. The van der Waals surface area contributed by atoms with Crippen molar-refractivity contribution < 1.29 is 42.5 Å². The van der Waals surface area contributed by atoms with Crippen molar-refractivity contribution in [2.24, 2.45) is 0 Å². The molecule has 0 aliphatic carbocycles. The summed E-state index contributed by atoms with van der Waals surface area (Å²) in [4.78, 5) is 1.70. The molecule has 0 aliphatic heterocycles. The normalized spacial score (nSPS) is 12.7. The molecule has 0 radical (unpaired) electrons.